The summed E-state index contributed by atoms with van der Waals surface area (Å²) < 4.78 is 4.70. The number of esters is 1. The summed E-state index contributed by atoms with van der Waals surface area (Å²) in [5.74, 6) is -0.661. The van der Waals surface area contributed by atoms with E-state index in [1.807, 2.05) is 18.2 Å². The van der Waals surface area contributed by atoms with Gasteiger partial charge in [-0.25, -0.2) is 4.79 Å². The highest BCUT2D eigenvalue weighted by atomic mass is 16.5. The smallest absolute Gasteiger partial charge is 0.339 e. The number of carbonyl (C=O) groups excluding carboxylic acids is 1. The molecule has 1 unspecified atom stereocenters. The maximum atomic E-state index is 11.2. The number of aliphatic hydroxyl groups is 1. The van der Waals surface area contributed by atoms with Crippen LogP contribution < -0.4 is 0 Å². The first-order valence-electron chi connectivity index (χ1n) is 4.75. The Balaban J connectivity index is 2.73. The van der Waals surface area contributed by atoms with Crippen molar-refractivity contribution in [1.29, 1.82) is 0 Å². The van der Waals surface area contributed by atoms with Gasteiger partial charge in [0.1, 0.15) is 0 Å². The number of ether oxygens (including phenoxy) is 1. The number of carbonyl (C=O) groups is 1. The zero-order valence-electron chi connectivity index (χ0n) is 8.64. The van der Waals surface area contributed by atoms with Gasteiger partial charge in [-0.3, -0.25) is 0 Å². The van der Waals surface area contributed by atoms with Gasteiger partial charge >= 0.3 is 5.97 Å². The van der Waals surface area contributed by atoms with Crippen LogP contribution >= 0.6 is 0 Å². The highest BCUT2D eigenvalue weighted by Gasteiger charge is 2.20. The summed E-state index contributed by atoms with van der Waals surface area (Å²) in [5.41, 5.74) is 1.09. The fraction of sp³-hybridized carbons (Fsp3) is 0.250. The molecule has 1 rings (SSSR count). The van der Waals surface area contributed by atoms with E-state index in [4.69, 9.17) is 4.74 Å². The summed E-state index contributed by atoms with van der Waals surface area (Å²) in [6.07, 6.45) is -1.28. The fourth-order valence-corrected chi connectivity index (χ4v) is 1.17. The second-order valence-electron chi connectivity index (χ2n) is 3.05. The minimum Gasteiger partial charge on any atom is -0.464 e. The van der Waals surface area contributed by atoms with E-state index in [0.717, 1.165) is 5.56 Å². The van der Waals surface area contributed by atoms with Crippen LogP contribution in [0.3, 0.4) is 0 Å². The molecule has 0 saturated carbocycles. The minimum atomic E-state index is -1.28. The van der Waals surface area contributed by atoms with Crippen LogP contribution in [0, 0.1) is 0 Å². The lowest BCUT2D eigenvalue weighted by molar-refractivity contribution is -0.149. The van der Waals surface area contributed by atoms with Gasteiger partial charge in [0.25, 0.3) is 0 Å². The van der Waals surface area contributed by atoms with E-state index in [9.17, 15) is 9.90 Å². The number of hydrogen-bond donors (Lipinski definition) is 1. The van der Waals surface area contributed by atoms with Crippen molar-refractivity contribution in [3.63, 3.8) is 0 Å². The van der Waals surface area contributed by atoms with Crippen LogP contribution in [0.4, 0.5) is 0 Å². The maximum absolute atomic E-state index is 11.2. The van der Waals surface area contributed by atoms with Crippen molar-refractivity contribution < 1.29 is 14.6 Å². The molecular weight excluding hydrogens is 192 g/mol. The van der Waals surface area contributed by atoms with Crippen molar-refractivity contribution in [2.24, 2.45) is 0 Å². The van der Waals surface area contributed by atoms with Gasteiger partial charge in [-0.15, -0.1) is 0 Å². The Morgan fingerprint density at radius 3 is 2.60 bits per heavy atom. The molecule has 0 amide bonds. The van der Waals surface area contributed by atoms with Crippen molar-refractivity contribution in [1.82, 2.24) is 0 Å². The predicted octanol–water partition coefficient (Wildman–Crippen LogP) is 1.62. The Hall–Kier alpha value is -1.61. The van der Waals surface area contributed by atoms with Crippen LogP contribution in [-0.2, 0) is 9.53 Å². The minimum absolute atomic E-state index is 0.248. The molecule has 0 bridgehead atoms. The molecule has 0 saturated heterocycles. The molecule has 0 aliphatic heterocycles. The summed E-state index contributed by atoms with van der Waals surface area (Å²) in [4.78, 5) is 11.2. The van der Waals surface area contributed by atoms with Crippen LogP contribution in [0.1, 0.15) is 12.5 Å². The first kappa shape index (κ1) is 11.5. The molecule has 15 heavy (non-hydrogen) atoms. The second-order valence-corrected chi connectivity index (χ2v) is 3.05. The van der Waals surface area contributed by atoms with Crippen molar-refractivity contribution in [2.75, 3.05) is 6.61 Å². The van der Waals surface area contributed by atoms with Gasteiger partial charge in [0.2, 0.25) is 0 Å². The zero-order valence-corrected chi connectivity index (χ0v) is 8.64. The van der Waals surface area contributed by atoms with Crippen molar-refractivity contribution in [3.8, 4) is 0 Å². The Morgan fingerprint density at radius 1 is 1.47 bits per heavy atom. The topological polar surface area (TPSA) is 46.5 Å². The largest absolute Gasteiger partial charge is 0.464 e. The van der Waals surface area contributed by atoms with Crippen LogP contribution in [-0.4, -0.2) is 23.8 Å². The Labute approximate surface area is 89.0 Å². The molecule has 0 aliphatic carbocycles. The molecule has 1 atom stereocenters. The van der Waals surface area contributed by atoms with Gasteiger partial charge in [0.15, 0.2) is 6.10 Å². The van der Waals surface area contributed by atoms with E-state index in [1.54, 1.807) is 19.1 Å². The van der Waals surface area contributed by atoms with Crippen molar-refractivity contribution >= 4 is 11.5 Å². The zero-order chi connectivity index (χ0) is 11.3. The molecular formula is C12H14O3. The third-order valence-corrected chi connectivity index (χ3v) is 1.98. The third-order valence-electron chi connectivity index (χ3n) is 1.98. The Morgan fingerprint density at radius 2 is 2.07 bits per heavy atom. The van der Waals surface area contributed by atoms with Crippen LogP contribution in [0.15, 0.2) is 36.9 Å². The molecule has 0 spiro atoms. The van der Waals surface area contributed by atoms with E-state index in [2.05, 4.69) is 6.58 Å². The van der Waals surface area contributed by atoms with Crippen molar-refractivity contribution in [2.45, 2.75) is 13.0 Å². The van der Waals surface area contributed by atoms with Gasteiger partial charge < -0.3 is 9.84 Å². The summed E-state index contributed by atoms with van der Waals surface area (Å²) in [5, 5.41) is 9.60. The van der Waals surface area contributed by atoms with E-state index >= 15 is 0 Å². The summed E-state index contributed by atoms with van der Waals surface area (Å²) in [6, 6.07) is 9.06. The lowest BCUT2D eigenvalue weighted by Crippen LogP contribution is -2.24. The number of aliphatic hydroxyl groups excluding tert-OH is 1. The van der Waals surface area contributed by atoms with E-state index in [1.165, 1.54) is 0 Å². The molecule has 3 heteroatoms. The highest BCUT2D eigenvalue weighted by Crippen LogP contribution is 2.16. The lowest BCUT2D eigenvalue weighted by Gasteiger charge is -2.12. The van der Waals surface area contributed by atoms with Crippen LogP contribution in [0.2, 0.25) is 0 Å². The van der Waals surface area contributed by atoms with Gasteiger partial charge in [0, 0.05) is 0 Å². The molecule has 1 aromatic rings. The molecule has 0 heterocycles. The van der Waals surface area contributed by atoms with Gasteiger partial charge in [-0.05, 0) is 18.1 Å². The number of hydrogen-bond acceptors (Lipinski definition) is 3. The molecule has 1 aromatic carbocycles. The van der Waals surface area contributed by atoms with E-state index in [-0.39, 0.29) is 6.61 Å². The van der Waals surface area contributed by atoms with Gasteiger partial charge in [-0.1, -0.05) is 36.9 Å². The SMILES string of the molecule is C=C(c1ccccc1)C(O)C(=O)OCC. The number of benzene rings is 1. The Kier molecular flexibility index (Phi) is 4.06. The molecule has 3 nitrogen and oxygen atoms in total. The standard InChI is InChI=1S/C12H14O3/c1-3-15-12(14)11(13)9(2)10-7-5-4-6-8-10/h4-8,11,13H,2-3H2,1H3. The predicted molar refractivity (Wildman–Crippen MR) is 58.1 cm³/mol. The average Bonchev–Trinajstić information content (AvgIpc) is 2.28. The fourth-order valence-electron chi connectivity index (χ4n) is 1.17. The monoisotopic (exact) mass is 206 g/mol. The summed E-state index contributed by atoms with van der Waals surface area (Å²) in [7, 11) is 0. The summed E-state index contributed by atoms with van der Waals surface area (Å²) in [6.45, 7) is 5.62. The lowest BCUT2D eigenvalue weighted by atomic mass is 10.0. The Bertz CT molecular complexity index is 343. The first-order valence-corrected chi connectivity index (χ1v) is 4.75. The molecule has 1 N–H and O–H groups in total. The van der Waals surface area contributed by atoms with Gasteiger partial charge in [-0.2, -0.15) is 0 Å². The van der Waals surface area contributed by atoms with Crippen LogP contribution in [0.25, 0.3) is 5.57 Å². The normalized spacial score (nSPS) is 11.9. The molecule has 0 aliphatic rings. The van der Waals surface area contributed by atoms with E-state index in [0.29, 0.717) is 5.57 Å². The van der Waals surface area contributed by atoms with E-state index < -0.39 is 12.1 Å². The van der Waals surface area contributed by atoms with Gasteiger partial charge in [0.05, 0.1) is 6.61 Å². The average molecular weight is 206 g/mol. The van der Waals surface area contributed by atoms with Crippen LogP contribution in [0.5, 0.6) is 0 Å². The number of rotatable bonds is 4. The highest BCUT2D eigenvalue weighted by molar-refractivity contribution is 5.90. The van der Waals surface area contributed by atoms with Crippen molar-refractivity contribution in [3.05, 3.63) is 42.5 Å². The first-order chi connectivity index (χ1) is 7.16. The quantitative estimate of drug-likeness (QED) is 0.761. The molecule has 0 radical (unpaired) electrons. The maximum Gasteiger partial charge on any atom is 0.339 e. The molecule has 80 valence electrons. The third kappa shape index (κ3) is 2.92. The molecule has 0 fully saturated rings. The summed E-state index contributed by atoms with van der Waals surface area (Å²) >= 11 is 0. The molecule has 0 aromatic heterocycles. The second kappa shape index (κ2) is 5.32.